The fourth-order valence-electron chi connectivity index (χ4n) is 3.12. The first-order chi connectivity index (χ1) is 11.6. The number of hydrogen-bond donors (Lipinski definition) is 2. The number of ether oxygens (including phenoxy) is 1. The van der Waals surface area contributed by atoms with Gasteiger partial charge in [0.15, 0.2) is 11.5 Å². The highest BCUT2D eigenvalue weighted by Gasteiger charge is 2.32. The second kappa shape index (κ2) is 6.93. The van der Waals surface area contributed by atoms with E-state index in [1.54, 1.807) is 13.0 Å². The van der Waals surface area contributed by atoms with Gasteiger partial charge in [-0.2, -0.15) is 0 Å². The highest BCUT2D eigenvalue weighted by molar-refractivity contribution is 5.76. The van der Waals surface area contributed by atoms with Gasteiger partial charge in [0, 0.05) is 13.1 Å². The molecule has 0 spiro atoms. The van der Waals surface area contributed by atoms with Crippen LogP contribution in [0.5, 0.6) is 11.5 Å². The highest BCUT2D eigenvalue weighted by Crippen LogP contribution is 2.29. The molecule has 1 atom stereocenters. The lowest BCUT2D eigenvalue weighted by Crippen LogP contribution is -2.45. The van der Waals surface area contributed by atoms with Crippen molar-refractivity contribution in [3.05, 3.63) is 59.2 Å². The van der Waals surface area contributed by atoms with Gasteiger partial charge in [0.25, 0.3) is 0 Å². The van der Waals surface area contributed by atoms with Crippen LogP contribution in [-0.2, 0) is 29.0 Å². The van der Waals surface area contributed by atoms with Crippen molar-refractivity contribution in [2.45, 2.75) is 32.5 Å². The van der Waals surface area contributed by atoms with Crippen LogP contribution >= 0.6 is 0 Å². The summed E-state index contributed by atoms with van der Waals surface area (Å²) >= 11 is 0. The number of nitrogens with zero attached hydrogens (tertiary/aromatic N) is 1. The number of carbonyl (C=O) groups excluding carboxylic acids is 1. The third kappa shape index (κ3) is 3.36. The second-order valence-electron chi connectivity index (χ2n) is 5.97. The number of fused-ring (bicyclic) bond motifs is 1. The van der Waals surface area contributed by atoms with Crippen molar-refractivity contribution < 1.29 is 19.7 Å². The molecule has 2 aromatic carbocycles. The lowest BCUT2D eigenvalue weighted by Gasteiger charge is -2.35. The molecule has 24 heavy (non-hydrogen) atoms. The molecule has 0 amide bonds. The molecule has 0 bridgehead atoms. The van der Waals surface area contributed by atoms with E-state index in [4.69, 9.17) is 4.74 Å². The lowest BCUT2D eigenvalue weighted by atomic mass is 9.93. The van der Waals surface area contributed by atoms with Gasteiger partial charge in [-0.3, -0.25) is 9.69 Å². The zero-order valence-electron chi connectivity index (χ0n) is 13.6. The van der Waals surface area contributed by atoms with Gasteiger partial charge in [0.05, 0.1) is 6.61 Å². The van der Waals surface area contributed by atoms with Crippen LogP contribution < -0.4 is 0 Å². The number of phenols is 2. The molecule has 3 rings (SSSR count). The van der Waals surface area contributed by atoms with Crippen LogP contribution in [0.4, 0.5) is 0 Å². The lowest BCUT2D eigenvalue weighted by molar-refractivity contribution is -0.150. The number of aromatic hydroxyl groups is 2. The van der Waals surface area contributed by atoms with Gasteiger partial charge in [-0.1, -0.05) is 30.3 Å². The molecule has 2 aromatic rings. The van der Waals surface area contributed by atoms with Gasteiger partial charge >= 0.3 is 5.97 Å². The highest BCUT2D eigenvalue weighted by atomic mass is 16.5. The standard InChI is InChI=1S/C19H21NO4/c1-2-24-19(23)16-10-14-5-3-4-6-15(14)12-20(16)11-13-7-8-17(21)18(22)9-13/h3-9,16,21-22H,2,10-12H2,1H3. The Morgan fingerprint density at radius 2 is 1.92 bits per heavy atom. The van der Waals surface area contributed by atoms with Crippen LogP contribution in [0.2, 0.25) is 0 Å². The number of hydrogen-bond acceptors (Lipinski definition) is 5. The first kappa shape index (κ1) is 16.3. The van der Waals surface area contributed by atoms with Crippen LogP contribution in [0.3, 0.4) is 0 Å². The third-order valence-corrected chi connectivity index (χ3v) is 4.33. The molecule has 0 fully saturated rings. The van der Waals surface area contributed by atoms with E-state index in [-0.39, 0.29) is 23.5 Å². The van der Waals surface area contributed by atoms with E-state index in [2.05, 4.69) is 6.07 Å². The van der Waals surface area contributed by atoms with Crippen molar-refractivity contribution in [3.8, 4) is 11.5 Å². The van der Waals surface area contributed by atoms with E-state index in [1.165, 1.54) is 23.3 Å². The topological polar surface area (TPSA) is 70.0 Å². The van der Waals surface area contributed by atoms with Crippen molar-refractivity contribution in [2.75, 3.05) is 6.61 Å². The van der Waals surface area contributed by atoms with Crippen molar-refractivity contribution in [2.24, 2.45) is 0 Å². The normalized spacial score (nSPS) is 17.3. The summed E-state index contributed by atoms with van der Waals surface area (Å²) in [6.07, 6.45) is 0.610. The molecule has 0 aromatic heterocycles. The van der Waals surface area contributed by atoms with E-state index in [9.17, 15) is 15.0 Å². The molecular weight excluding hydrogens is 306 g/mol. The van der Waals surface area contributed by atoms with Crippen LogP contribution in [0.25, 0.3) is 0 Å². The summed E-state index contributed by atoms with van der Waals surface area (Å²) in [5.74, 6) is -0.530. The summed E-state index contributed by atoms with van der Waals surface area (Å²) < 4.78 is 5.24. The summed E-state index contributed by atoms with van der Waals surface area (Å²) in [5.41, 5.74) is 3.19. The molecule has 0 radical (unpaired) electrons. The van der Waals surface area contributed by atoms with E-state index < -0.39 is 0 Å². The van der Waals surface area contributed by atoms with Crippen LogP contribution in [-0.4, -0.2) is 33.7 Å². The molecule has 5 nitrogen and oxygen atoms in total. The predicted octanol–water partition coefficient (Wildman–Crippen LogP) is 2.59. The molecule has 0 aliphatic carbocycles. The Labute approximate surface area is 141 Å². The summed E-state index contributed by atoms with van der Waals surface area (Å²) in [6.45, 7) is 3.29. The maximum atomic E-state index is 12.4. The maximum Gasteiger partial charge on any atom is 0.323 e. The van der Waals surface area contributed by atoms with Crippen molar-refractivity contribution in [3.63, 3.8) is 0 Å². The molecule has 1 aliphatic heterocycles. The fraction of sp³-hybridized carbons (Fsp3) is 0.316. The van der Waals surface area contributed by atoms with E-state index in [1.807, 2.05) is 23.1 Å². The van der Waals surface area contributed by atoms with Crippen molar-refractivity contribution in [1.82, 2.24) is 4.90 Å². The van der Waals surface area contributed by atoms with Gasteiger partial charge in [0.2, 0.25) is 0 Å². The first-order valence-corrected chi connectivity index (χ1v) is 8.06. The number of carbonyl (C=O) groups is 1. The molecule has 1 heterocycles. The number of benzene rings is 2. The largest absolute Gasteiger partial charge is 0.504 e. The molecule has 2 N–H and O–H groups in total. The van der Waals surface area contributed by atoms with Gasteiger partial charge in [-0.25, -0.2) is 0 Å². The zero-order chi connectivity index (χ0) is 17.1. The van der Waals surface area contributed by atoms with E-state index in [0.717, 1.165) is 5.56 Å². The molecule has 0 saturated carbocycles. The van der Waals surface area contributed by atoms with Crippen LogP contribution in [0, 0.1) is 0 Å². The van der Waals surface area contributed by atoms with E-state index in [0.29, 0.717) is 26.1 Å². The quantitative estimate of drug-likeness (QED) is 0.667. The minimum absolute atomic E-state index is 0.148. The molecular formula is C19H21NO4. The Bertz CT molecular complexity index is 744. The van der Waals surface area contributed by atoms with Crippen molar-refractivity contribution >= 4 is 5.97 Å². The summed E-state index contributed by atoms with van der Waals surface area (Å²) in [6, 6.07) is 12.5. The first-order valence-electron chi connectivity index (χ1n) is 8.06. The summed E-state index contributed by atoms with van der Waals surface area (Å²) in [5, 5.41) is 19.1. The predicted molar refractivity (Wildman–Crippen MR) is 89.6 cm³/mol. The molecule has 1 unspecified atom stereocenters. The third-order valence-electron chi connectivity index (χ3n) is 4.33. The molecule has 126 valence electrons. The minimum Gasteiger partial charge on any atom is -0.504 e. The fourth-order valence-corrected chi connectivity index (χ4v) is 3.12. The van der Waals surface area contributed by atoms with Crippen LogP contribution in [0.15, 0.2) is 42.5 Å². The number of esters is 1. The number of phenolic OH excluding ortho intramolecular Hbond substituents is 2. The molecule has 1 aliphatic rings. The number of rotatable bonds is 4. The average molecular weight is 327 g/mol. The average Bonchev–Trinajstić information content (AvgIpc) is 2.58. The Morgan fingerprint density at radius 1 is 1.17 bits per heavy atom. The molecule has 0 saturated heterocycles. The second-order valence-corrected chi connectivity index (χ2v) is 5.97. The van der Waals surface area contributed by atoms with Gasteiger partial charge in [-0.15, -0.1) is 0 Å². The van der Waals surface area contributed by atoms with Crippen LogP contribution in [0.1, 0.15) is 23.6 Å². The summed E-state index contributed by atoms with van der Waals surface area (Å²) in [7, 11) is 0. The summed E-state index contributed by atoms with van der Waals surface area (Å²) in [4.78, 5) is 14.4. The minimum atomic E-state index is -0.351. The molecule has 5 heteroatoms. The Kier molecular flexibility index (Phi) is 4.71. The Hall–Kier alpha value is -2.53. The monoisotopic (exact) mass is 327 g/mol. The van der Waals surface area contributed by atoms with Crippen molar-refractivity contribution in [1.29, 1.82) is 0 Å². The van der Waals surface area contributed by atoms with E-state index >= 15 is 0 Å². The Morgan fingerprint density at radius 3 is 2.62 bits per heavy atom. The smallest absolute Gasteiger partial charge is 0.323 e. The van der Waals surface area contributed by atoms with Gasteiger partial charge < -0.3 is 14.9 Å². The van der Waals surface area contributed by atoms with Gasteiger partial charge in [-0.05, 0) is 42.2 Å². The SMILES string of the molecule is CCOC(=O)C1Cc2ccccc2CN1Cc1ccc(O)c(O)c1. The zero-order valence-corrected chi connectivity index (χ0v) is 13.6. The van der Waals surface area contributed by atoms with Gasteiger partial charge in [0.1, 0.15) is 6.04 Å². The maximum absolute atomic E-state index is 12.4. The Balaban J connectivity index is 1.87.